The molecule has 0 amide bonds. The van der Waals surface area contributed by atoms with Crippen molar-refractivity contribution in [3.05, 3.63) is 22.4 Å². The summed E-state index contributed by atoms with van der Waals surface area (Å²) in [7, 11) is 1.63. The molecular formula is C14H24N2O2S. The Bertz CT molecular complexity index is 350. The standard InChI is InChI=1S/C14H24N2O2S/c1-12(13-3-8-19-11-13)16-6-4-15(5-7-16)9-14(17)10-18-2/h3,8,11-12,14,17H,4-7,9-10H2,1-2H3/t12?,14-/m1/s1. The van der Waals surface area contributed by atoms with Gasteiger partial charge in [0.05, 0.1) is 12.7 Å². The quantitative estimate of drug-likeness (QED) is 0.857. The Morgan fingerprint density at radius 3 is 2.68 bits per heavy atom. The number of aliphatic hydroxyl groups is 1. The summed E-state index contributed by atoms with van der Waals surface area (Å²) in [5, 5.41) is 14.1. The van der Waals surface area contributed by atoms with Crippen LogP contribution >= 0.6 is 11.3 Å². The third-order valence-corrected chi connectivity index (χ3v) is 4.51. The van der Waals surface area contributed by atoms with Crippen LogP contribution in [0.4, 0.5) is 0 Å². The zero-order valence-corrected chi connectivity index (χ0v) is 12.6. The molecule has 2 heterocycles. The Hall–Kier alpha value is -0.460. The van der Waals surface area contributed by atoms with Crippen LogP contribution in [0.2, 0.25) is 0 Å². The van der Waals surface area contributed by atoms with Crippen molar-refractivity contribution >= 4 is 11.3 Å². The summed E-state index contributed by atoms with van der Waals surface area (Å²) in [6.45, 7) is 7.59. The van der Waals surface area contributed by atoms with Crippen molar-refractivity contribution in [3.8, 4) is 0 Å². The monoisotopic (exact) mass is 284 g/mol. The number of β-amino-alcohol motifs (C(OH)–C–C–N with tert-alkyl or cyclic N) is 1. The first-order valence-electron chi connectivity index (χ1n) is 6.86. The number of ether oxygens (including phenoxy) is 1. The van der Waals surface area contributed by atoms with Gasteiger partial charge in [0.25, 0.3) is 0 Å². The van der Waals surface area contributed by atoms with Gasteiger partial charge in [-0.2, -0.15) is 11.3 Å². The zero-order valence-electron chi connectivity index (χ0n) is 11.8. The number of rotatable bonds is 6. The fourth-order valence-corrected chi connectivity index (χ4v) is 3.35. The number of methoxy groups -OCH3 is 1. The van der Waals surface area contributed by atoms with Gasteiger partial charge in [0.15, 0.2) is 0 Å². The minimum absolute atomic E-state index is 0.370. The SMILES string of the molecule is COC[C@H](O)CN1CCN(C(C)c2ccsc2)CC1. The minimum Gasteiger partial charge on any atom is -0.389 e. The van der Waals surface area contributed by atoms with Crippen molar-refractivity contribution in [2.24, 2.45) is 0 Å². The van der Waals surface area contributed by atoms with E-state index in [0.717, 1.165) is 26.2 Å². The number of hydrogen-bond acceptors (Lipinski definition) is 5. The van der Waals surface area contributed by atoms with E-state index >= 15 is 0 Å². The molecule has 0 radical (unpaired) electrons. The topological polar surface area (TPSA) is 35.9 Å². The highest BCUT2D eigenvalue weighted by Crippen LogP contribution is 2.23. The Labute approximate surface area is 119 Å². The lowest BCUT2D eigenvalue weighted by molar-refractivity contribution is 0.0190. The molecule has 0 aromatic carbocycles. The van der Waals surface area contributed by atoms with E-state index in [-0.39, 0.29) is 6.10 Å². The van der Waals surface area contributed by atoms with Gasteiger partial charge in [-0.3, -0.25) is 9.80 Å². The van der Waals surface area contributed by atoms with E-state index in [4.69, 9.17) is 4.74 Å². The summed E-state index contributed by atoms with van der Waals surface area (Å²) in [6, 6.07) is 2.71. The minimum atomic E-state index is -0.370. The fraction of sp³-hybridized carbons (Fsp3) is 0.714. The summed E-state index contributed by atoms with van der Waals surface area (Å²) in [6.07, 6.45) is -0.370. The Kier molecular flexibility index (Phi) is 5.78. The lowest BCUT2D eigenvalue weighted by Crippen LogP contribution is -2.49. The number of aliphatic hydroxyl groups excluding tert-OH is 1. The predicted molar refractivity (Wildman–Crippen MR) is 78.6 cm³/mol. The third-order valence-electron chi connectivity index (χ3n) is 3.81. The first-order chi connectivity index (χ1) is 9.20. The van der Waals surface area contributed by atoms with Crippen molar-refractivity contribution in [2.75, 3.05) is 46.4 Å². The summed E-state index contributed by atoms with van der Waals surface area (Å²) in [4.78, 5) is 4.84. The van der Waals surface area contributed by atoms with Gasteiger partial charge in [0.2, 0.25) is 0 Å². The summed E-state index contributed by atoms with van der Waals surface area (Å²) >= 11 is 1.76. The van der Waals surface area contributed by atoms with Gasteiger partial charge < -0.3 is 9.84 Å². The van der Waals surface area contributed by atoms with Gasteiger partial charge in [0, 0.05) is 45.9 Å². The maximum Gasteiger partial charge on any atom is 0.0900 e. The molecule has 4 nitrogen and oxygen atoms in total. The van der Waals surface area contributed by atoms with E-state index in [9.17, 15) is 5.11 Å². The van der Waals surface area contributed by atoms with Crippen molar-refractivity contribution in [2.45, 2.75) is 19.1 Å². The second kappa shape index (κ2) is 7.36. The molecule has 0 saturated carbocycles. The molecular weight excluding hydrogens is 260 g/mol. The van der Waals surface area contributed by atoms with E-state index in [2.05, 4.69) is 33.6 Å². The van der Waals surface area contributed by atoms with Crippen LogP contribution in [0.25, 0.3) is 0 Å². The molecule has 108 valence electrons. The molecule has 19 heavy (non-hydrogen) atoms. The van der Waals surface area contributed by atoms with Crippen LogP contribution in [0.1, 0.15) is 18.5 Å². The van der Waals surface area contributed by atoms with Crippen LogP contribution in [0.3, 0.4) is 0 Å². The van der Waals surface area contributed by atoms with Crippen LogP contribution in [-0.4, -0.2) is 67.5 Å². The lowest BCUT2D eigenvalue weighted by atomic mass is 10.1. The molecule has 0 bridgehead atoms. The van der Waals surface area contributed by atoms with Crippen LogP contribution in [0.5, 0.6) is 0 Å². The smallest absolute Gasteiger partial charge is 0.0900 e. The molecule has 1 fully saturated rings. The first kappa shape index (κ1) is 14.9. The van der Waals surface area contributed by atoms with E-state index < -0.39 is 0 Å². The average Bonchev–Trinajstić information content (AvgIpc) is 2.93. The third kappa shape index (κ3) is 4.26. The predicted octanol–water partition coefficient (Wildman–Crippen LogP) is 1.43. The molecule has 0 spiro atoms. The maximum atomic E-state index is 9.75. The van der Waals surface area contributed by atoms with E-state index in [1.54, 1.807) is 18.4 Å². The summed E-state index contributed by atoms with van der Waals surface area (Å²) in [5.41, 5.74) is 1.41. The maximum absolute atomic E-state index is 9.75. The van der Waals surface area contributed by atoms with Crippen LogP contribution in [-0.2, 0) is 4.74 Å². The molecule has 1 aromatic rings. The van der Waals surface area contributed by atoms with Crippen molar-refractivity contribution in [1.29, 1.82) is 0 Å². The molecule has 5 heteroatoms. The Morgan fingerprint density at radius 1 is 1.37 bits per heavy atom. The number of thiophene rings is 1. The lowest BCUT2D eigenvalue weighted by Gasteiger charge is -2.38. The second-order valence-corrected chi connectivity index (χ2v) is 5.96. The molecule has 0 aliphatic carbocycles. The van der Waals surface area contributed by atoms with E-state index in [0.29, 0.717) is 19.2 Å². The van der Waals surface area contributed by atoms with Gasteiger partial charge in [0.1, 0.15) is 0 Å². The van der Waals surface area contributed by atoms with Crippen molar-refractivity contribution < 1.29 is 9.84 Å². The number of hydrogen-bond donors (Lipinski definition) is 1. The first-order valence-corrected chi connectivity index (χ1v) is 7.80. The van der Waals surface area contributed by atoms with Crippen molar-refractivity contribution in [1.82, 2.24) is 9.80 Å². The van der Waals surface area contributed by atoms with Gasteiger partial charge >= 0.3 is 0 Å². The van der Waals surface area contributed by atoms with Gasteiger partial charge in [-0.1, -0.05) is 0 Å². The molecule has 1 aliphatic rings. The molecule has 1 aliphatic heterocycles. The molecule has 1 saturated heterocycles. The number of nitrogens with zero attached hydrogens (tertiary/aromatic N) is 2. The summed E-state index contributed by atoms with van der Waals surface area (Å²) in [5.74, 6) is 0. The van der Waals surface area contributed by atoms with Crippen LogP contribution in [0.15, 0.2) is 16.8 Å². The normalized spacial score (nSPS) is 21.4. The molecule has 1 unspecified atom stereocenters. The van der Waals surface area contributed by atoms with Gasteiger partial charge in [-0.15, -0.1) is 0 Å². The van der Waals surface area contributed by atoms with Gasteiger partial charge in [-0.05, 0) is 29.3 Å². The highest BCUT2D eigenvalue weighted by atomic mass is 32.1. The zero-order chi connectivity index (χ0) is 13.7. The second-order valence-electron chi connectivity index (χ2n) is 5.18. The Morgan fingerprint density at radius 2 is 2.11 bits per heavy atom. The molecule has 2 rings (SSSR count). The van der Waals surface area contributed by atoms with Gasteiger partial charge in [-0.25, -0.2) is 0 Å². The molecule has 1 N–H and O–H groups in total. The highest BCUT2D eigenvalue weighted by molar-refractivity contribution is 7.07. The average molecular weight is 284 g/mol. The fourth-order valence-electron chi connectivity index (χ4n) is 2.60. The largest absolute Gasteiger partial charge is 0.389 e. The van der Waals surface area contributed by atoms with Crippen LogP contribution < -0.4 is 0 Å². The van der Waals surface area contributed by atoms with E-state index in [1.807, 2.05) is 0 Å². The highest BCUT2D eigenvalue weighted by Gasteiger charge is 2.23. The van der Waals surface area contributed by atoms with E-state index in [1.165, 1.54) is 5.56 Å². The number of piperazine rings is 1. The Balaban J connectivity index is 1.76. The van der Waals surface area contributed by atoms with Crippen LogP contribution in [0, 0.1) is 0 Å². The summed E-state index contributed by atoms with van der Waals surface area (Å²) < 4.78 is 4.97. The molecule has 2 atom stereocenters. The molecule has 1 aromatic heterocycles. The van der Waals surface area contributed by atoms with Crippen molar-refractivity contribution in [3.63, 3.8) is 0 Å².